The zero-order chi connectivity index (χ0) is 33.9. The van der Waals surface area contributed by atoms with Gasteiger partial charge in [-0.1, -0.05) is 6.07 Å². The van der Waals surface area contributed by atoms with Crippen LogP contribution in [0.5, 0.6) is 0 Å². The molecule has 0 radical (unpaired) electrons. The van der Waals surface area contributed by atoms with Crippen molar-refractivity contribution < 1.29 is 19.4 Å². The van der Waals surface area contributed by atoms with Crippen LogP contribution in [-0.4, -0.2) is 86.9 Å². The first-order chi connectivity index (χ1) is 23.9. The number of nitrogens with one attached hydrogen (secondary N) is 1. The number of hydrogen-bond donors (Lipinski definition) is 2. The summed E-state index contributed by atoms with van der Waals surface area (Å²) >= 11 is 0. The maximum Gasteiger partial charge on any atom is 0.303 e. The van der Waals surface area contributed by atoms with Gasteiger partial charge < -0.3 is 29.5 Å². The third kappa shape index (κ3) is 6.68. The molecule has 6 heterocycles. The molecule has 0 bridgehead atoms. The number of carbonyl (C=O) groups excluding carboxylic acids is 2. The molecule has 3 aliphatic rings. The number of anilines is 3. The van der Waals surface area contributed by atoms with E-state index in [0.717, 1.165) is 57.5 Å². The third-order valence-electron chi connectivity index (χ3n) is 9.73. The van der Waals surface area contributed by atoms with E-state index in [-0.39, 0.29) is 31.2 Å². The molecule has 2 aliphatic heterocycles. The minimum Gasteiger partial charge on any atom is -0.459 e. The van der Waals surface area contributed by atoms with Crippen LogP contribution in [0.1, 0.15) is 52.8 Å². The van der Waals surface area contributed by atoms with Crippen LogP contribution in [0.2, 0.25) is 0 Å². The summed E-state index contributed by atoms with van der Waals surface area (Å²) in [7, 11) is 0. The Morgan fingerprint density at radius 1 is 1.00 bits per heavy atom. The average Bonchev–Trinajstić information content (AvgIpc) is 3.51. The topological polar surface area (TPSA) is 138 Å². The first kappa shape index (κ1) is 32.5. The zero-order valence-electron chi connectivity index (χ0n) is 27.8. The summed E-state index contributed by atoms with van der Waals surface area (Å²) in [6, 6.07) is 11.3. The van der Waals surface area contributed by atoms with Gasteiger partial charge >= 0.3 is 5.97 Å². The third-order valence-corrected chi connectivity index (χ3v) is 9.73. The number of pyridine rings is 3. The average molecular weight is 667 g/mol. The second-order valence-corrected chi connectivity index (χ2v) is 12.7. The second-order valence-electron chi connectivity index (χ2n) is 12.7. The molecule has 0 atom stereocenters. The number of aliphatic hydroxyl groups excluding tert-OH is 1. The van der Waals surface area contributed by atoms with Crippen molar-refractivity contribution in [1.82, 2.24) is 24.0 Å². The molecule has 49 heavy (non-hydrogen) atoms. The Balaban J connectivity index is 1.14. The van der Waals surface area contributed by atoms with Gasteiger partial charge in [0.1, 0.15) is 23.8 Å². The lowest BCUT2D eigenvalue weighted by molar-refractivity contribution is -0.142. The monoisotopic (exact) mass is 666 g/mol. The zero-order valence-corrected chi connectivity index (χ0v) is 27.8. The lowest BCUT2D eigenvalue weighted by Gasteiger charge is -2.35. The molecule has 4 aromatic rings. The van der Waals surface area contributed by atoms with E-state index in [1.165, 1.54) is 22.7 Å². The molecular weight excluding hydrogens is 624 g/mol. The molecule has 1 amide bonds. The summed E-state index contributed by atoms with van der Waals surface area (Å²) < 4.78 is 9.04. The number of esters is 1. The Kier molecular flexibility index (Phi) is 9.45. The van der Waals surface area contributed by atoms with E-state index >= 15 is 0 Å². The summed E-state index contributed by atoms with van der Waals surface area (Å²) in [4.78, 5) is 55.3. The maximum absolute atomic E-state index is 14.1. The van der Waals surface area contributed by atoms with Crippen molar-refractivity contribution in [3.05, 3.63) is 93.6 Å². The Morgan fingerprint density at radius 2 is 1.84 bits per heavy atom. The highest BCUT2D eigenvalue weighted by Crippen LogP contribution is 2.34. The van der Waals surface area contributed by atoms with E-state index in [1.54, 1.807) is 35.5 Å². The molecule has 1 saturated heterocycles. The SMILES string of the molecule is CC(=O)OCc1nccc(-n2cccc(CNc3ccc(N4CCN(CCO)CC4)cn3)c2=O)c1N1CCn2c(cc3c2CCCC3)C1=O. The molecule has 7 rings (SSSR count). The number of aromatic nitrogens is 4. The van der Waals surface area contributed by atoms with Crippen LogP contribution in [0.3, 0.4) is 0 Å². The molecule has 1 aliphatic carbocycles. The van der Waals surface area contributed by atoms with Crippen LogP contribution in [0, 0.1) is 0 Å². The predicted octanol–water partition coefficient (Wildman–Crippen LogP) is 2.76. The van der Waals surface area contributed by atoms with Gasteiger partial charge in [-0.05, 0) is 61.6 Å². The van der Waals surface area contributed by atoms with Crippen LogP contribution in [0.25, 0.3) is 5.69 Å². The molecule has 256 valence electrons. The number of amides is 1. The van der Waals surface area contributed by atoms with E-state index < -0.39 is 5.97 Å². The summed E-state index contributed by atoms with van der Waals surface area (Å²) in [5, 5.41) is 12.5. The smallest absolute Gasteiger partial charge is 0.303 e. The number of piperazine rings is 1. The number of β-amino-alcohol motifs (C(OH)–C–C–N with tert-alkyl or cyclic N) is 1. The minimum absolute atomic E-state index is 0.129. The summed E-state index contributed by atoms with van der Waals surface area (Å²) in [5.74, 6) is 0.0268. The van der Waals surface area contributed by atoms with Gasteiger partial charge in [0.25, 0.3) is 11.5 Å². The van der Waals surface area contributed by atoms with Crippen LogP contribution in [0.15, 0.2) is 59.8 Å². The van der Waals surface area contributed by atoms with E-state index in [4.69, 9.17) is 4.74 Å². The Bertz CT molecular complexity index is 1890. The van der Waals surface area contributed by atoms with Gasteiger partial charge in [-0.25, -0.2) is 4.98 Å². The van der Waals surface area contributed by atoms with Crippen molar-refractivity contribution in [3.8, 4) is 5.69 Å². The predicted molar refractivity (Wildman–Crippen MR) is 185 cm³/mol. The molecule has 13 heteroatoms. The second kappa shape index (κ2) is 14.2. The molecule has 4 aromatic heterocycles. The van der Waals surface area contributed by atoms with Gasteiger partial charge in [0, 0.05) is 82.9 Å². The van der Waals surface area contributed by atoms with Crippen LogP contribution < -0.4 is 20.7 Å². The van der Waals surface area contributed by atoms with Crippen LogP contribution >= 0.6 is 0 Å². The Hall–Kier alpha value is -5.01. The Labute approximate surface area is 284 Å². The summed E-state index contributed by atoms with van der Waals surface area (Å²) in [5.41, 5.74) is 5.78. The molecule has 0 aromatic carbocycles. The Morgan fingerprint density at radius 3 is 2.61 bits per heavy atom. The number of rotatable bonds is 10. The standard InChI is InChI=1S/C36H42N8O5/c1-25(46)49-24-29-34(44-18-17-42-30-7-3-2-5-26(30)21-32(42)36(44)48)31(10-11-37-29)43-12-4-6-27(35(43)47)22-38-33-9-8-28(23-39-33)41-15-13-40(14-16-41)19-20-45/h4,6,8-12,21,23,45H,2-3,5,7,13-20,22,24H2,1H3,(H,38,39). The van der Waals surface area contributed by atoms with Crippen molar-refractivity contribution in [2.24, 2.45) is 0 Å². The quantitative estimate of drug-likeness (QED) is 0.243. The number of ether oxygens (including phenoxy) is 1. The number of hydrogen-bond acceptors (Lipinski definition) is 10. The van der Waals surface area contributed by atoms with Gasteiger partial charge in [0.15, 0.2) is 0 Å². The highest BCUT2D eigenvalue weighted by Gasteiger charge is 2.33. The molecule has 1 fully saturated rings. The summed E-state index contributed by atoms with van der Waals surface area (Å²) in [6.07, 6.45) is 9.27. The first-order valence-electron chi connectivity index (χ1n) is 17.0. The van der Waals surface area contributed by atoms with Crippen molar-refractivity contribution >= 4 is 29.1 Å². The minimum atomic E-state index is -0.461. The van der Waals surface area contributed by atoms with Crippen molar-refractivity contribution in [2.45, 2.75) is 52.3 Å². The molecule has 2 N–H and O–H groups in total. The number of carbonyl (C=O) groups is 2. The largest absolute Gasteiger partial charge is 0.459 e. The van der Waals surface area contributed by atoms with E-state index in [1.807, 2.05) is 24.4 Å². The number of aliphatic hydroxyl groups is 1. The fourth-order valence-corrected chi connectivity index (χ4v) is 7.20. The normalized spacial score (nSPS) is 16.3. The van der Waals surface area contributed by atoms with Crippen molar-refractivity contribution in [2.75, 3.05) is 61.0 Å². The van der Waals surface area contributed by atoms with Crippen molar-refractivity contribution in [1.29, 1.82) is 0 Å². The van der Waals surface area contributed by atoms with E-state index in [0.29, 0.717) is 53.8 Å². The molecular formula is C36H42N8O5. The van der Waals surface area contributed by atoms with Crippen LogP contribution in [-0.2, 0) is 42.1 Å². The maximum atomic E-state index is 14.1. The fourth-order valence-electron chi connectivity index (χ4n) is 7.20. The molecule has 0 unspecified atom stereocenters. The lowest BCUT2D eigenvalue weighted by atomic mass is 9.98. The van der Waals surface area contributed by atoms with E-state index in [9.17, 15) is 19.5 Å². The van der Waals surface area contributed by atoms with Gasteiger partial charge in [0.05, 0.1) is 29.9 Å². The first-order valence-corrected chi connectivity index (χ1v) is 17.0. The van der Waals surface area contributed by atoms with Gasteiger partial charge in [0.2, 0.25) is 0 Å². The van der Waals surface area contributed by atoms with Crippen LogP contribution in [0.4, 0.5) is 17.2 Å². The van der Waals surface area contributed by atoms with E-state index in [2.05, 4.69) is 29.7 Å². The van der Waals surface area contributed by atoms with Gasteiger partial charge in [-0.2, -0.15) is 0 Å². The molecule has 0 spiro atoms. The highest BCUT2D eigenvalue weighted by molar-refractivity contribution is 6.07. The van der Waals surface area contributed by atoms with Crippen molar-refractivity contribution in [3.63, 3.8) is 0 Å². The van der Waals surface area contributed by atoms with Gasteiger partial charge in [-0.15, -0.1) is 0 Å². The fraction of sp³-hybridized carbons (Fsp3) is 0.417. The number of aryl methyl sites for hydroxylation is 1. The highest BCUT2D eigenvalue weighted by atomic mass is 16.5. The van der Waals surface area contributed by atoms with Gasteiger partial charge in [-0.3, -0.25) is 28.8 Å². The molecule has 0 saturated carbocycles. The summed E-state index contributed by atoms with van der Waals surface area (Å²) in [6.45, 7) is 6.87. The number of nitrogens with zero attached hydrogens (tertiary/aromatic N) is 7. The number of fused-ring (bicyclic) bond motifs is 3. The lowest BCUT2D eigenvalue weighted by Crippen LogP contribution is -2.47. The molecule has 13 nitrogen and oxygen atoms in total.